The van der Waals surface area contributed by atoms with E-state index in [0.29, 0.717) is 5.69 Å². The van der Waals surface area contributed by atoms with Crippen LogP contribution in [0.4, 0.5) is 29.3 Å². The van der Waals surface area contributed by atoms with E-state index < -0.39 is 22.7 Å². The maximum Gasteiger partial charge on any atom is 0.416 e. The Morgan fingerprint density at radius 2 is 2.04 bits per heavy atom. The molecule has 2 aromatic rings. The number of hydrogen-bond donors (Lipinski definition) is 2. The fourth-order valence-electron chi connectivity index (χ4n) is 2.39. The van der Waals surface area contributed by atoms with Crippen molar-refractivity contribution in [2.24, 2.45) is 0 Å². The van der Waals surface area contributed by atoms with Gasteiger partial charge in [-0.25, -0.2) is 4.79 Å². The average Bonchev–Trinajstić information content (AvgIpc) is 2.81. The van der Waals surface area contributed by atoms with Gasteiger partial charge in [-0.05, 0) is 32.0 Å². The van der Waals surface area contributed by atoms with Crippen molar-refractivity contribution in [3.63, 3.8) is 0 Å². The molecule has 1 aromatic heterocycles. The highest BCUT2D eigenvalue weighted by Gasteiger charge is 2.30. The number of aromatic nitrogens is 2. The van der Waals surface area contributed by atoms with E-state index in [9.17, 15) is 28.1 Å². The predicted octanol–water partition coefficient (Wildman–Crippen LogP) is 3.25. The number of amides is 2. The fraction of sp³-hybridized carbons (Fsp3) is 0.333. The maximum absolute atomic E-state index is 12.6. The highest BCUT2D eigenvalue weighted by molar-refractivity contribution is 5.89. The molecule has 0 aliphatic carbocycles. The molecule has 26 heavy (non-hydrogen) atoms. The van der Waals surface area contributed by atoms with Crippen molar-refractivity contribution in [1.82, 2.24) is 15.1 Å². The minimum Gasteiger partial charge on any atom is -0.336 e. The Balaban J connectivity index is 1.92. The van der Waals surface area contributed by atoms with Crippen LogP contribution in [0.3, 0.4) is 0 Å². The predicted molar refractivity (Wildman–Crippen MR) is 86.8 cm³/mol. The van der Waals surface area contributed by atoms with E-state index in [0.717, 1.165) is 12.1 Å². The van der Waals surface area contributed by atoms with Crippen LogP contribution >= 0.6 is 0 Å². The molecule has 0 saturated heterocycles. The third-order valence-corrected chi connectivity index (χ3v) is 3.58. The van der Waals surface area contributed by atoms with E-state index in [2.05, 4.69) is 15.7 Å². The quantitative estimate of drug-likeness (QED) is 0.622. The summed E-state index contributed by atoms with van der Waals surface area (Å²) in [6.45, 7) is 3.32. The molecule has 0 aliphatic heterocycles. The van der Waals surface area contributed by atoms with Crippen molar-refractivity contribution < 1.29 is 22.9 Å². The molecule has 0 saturated carbocycles. The molecule has 2 N–H and O–H groups in total. The number of nitrogens with zero attached hydrogens (tertiary/aromatic N) is 3. The molecular weight excluding hydrogens is 355 g/mol. The van der Waals surface area contributed by atoms with Gasteiger partial charge in [0.05, 0.1) is 17.0 Å². The molecule has 11 heteroatoms. The lowest BCUT2D eigenvalue weighted by atomic mass is 10.2. The van der Waals surface area contributed by atoms with Crippen molar-refractivity contribution in [3.05, 3.63) is 51.3 Å². The van der Waals surface area contributed by atoms with Gasteiger partial charge in [-0.3, -0.25) is 14.8 Å². The van der Waals surface area contributed by atoms with Crippen LogP contribution in [0.2, 0.25) is 0 Å². The van der Waals surface area contributed by atoms with Crippen LogP contribution in [-0.2, 0) is 12.7 Å². The Labute approximate surface area is 146 Å². The van der Waals surface area contributed by atoms with Crippen molar-refractivity contribution in [1.29, 1.82) is 0 Å². The molecular formula is C15H16F3N5O3. The number of carbonyl (C=O) groups excluding carboxylic acids is 1. The van der Waals surface area contributed by atoms with Crippen LogP contribution in [0.15, 0.2) is 24.3 Å². The number of nitrogens with one attached hydrogen (secondary N) is 2. The lowest BCUT2D eigenvalue weighted by Crippen LogP contribution is -2.32. The first-order valence-electron chi connectivity index (χ1n) is 7.50. The van der Waals surface area contributed by atoms with E-state index in [4.69, 9.17) is 0 Å². The number of hydrogen-bond acceptors (Lipinski definition) is 4. The topological polar surface area (TPSA) is 102 Å². The zero-order valence-corrected chi connectivity index (χ0v) is 13.9. The van der Waals surface area contributed by atoms with Crippen LogP contribution in [0, 0.1) is 24.0 Å². The summed E-state index contributed by atoms with van der Waals surface area (Å²) >= 11 is 0. The molecule has 8 nitrogen and oxygen atoms in total. The molecule has 0 unspecified atom stereocenters. The molecule has 0 bridgehead atoms. The first-order chi connectivity index (χ1) is 12.1. The summed E-state index contributed by atoms with van der Waals surface area (Å²) in [7, 11) is 0. The Kier molecular flexibility index (Phi) is 5.48. The summed E-state index contributed by atoms with van der Waals surface area (Å²) in [6.07, 6.45) is -4.50. The molecule has 1 heterocycles. The molecule has 140 valence electrons. The fourth-order valence-corrected chi connectivity index (χ4v) is 2.39. The summed E-state index contributed by atoms with van der Waals surface area (Å²) in [6, 6.07) is 3.55. The Bertz CT molecular complexity index is 832. The second-order valence-electron chi connectivity index (χ2n) is 5.46. The van der Waals surface area contributed by atoms with Gasteiger partial charge < -0.3 is 10.6 Å². The summed E-state index contributed by atoms with van der Waals surface area (Å²) < 4.78 is 39.3. The third-order valence-electron chi connectivity index (χ3n) is 3.58. The van der Waals surface area contributed by atoms with E-state index in [1.54, 1.807) is 6.92 Å². The number of halogens is 3. The van der Waals surface area contributed by atoms with Crippen molar-refractivity contribution in [2.45, 2.75) is 26.6 Å². The van der Waals surface area contributed by atoms with Crippen LogP contribution in [-0.4, -0.2) is 27.3 Å². The normalized spacial score (nSPS) is 11.3. The smallest absolute Gasteiger partial charge is 0.336 e. The average molecular weight is 371 g/mol. The van der Waals surface area contributed by atoms with Crippen molar-refractivity contribution in [3.8, 4) is 0 Å². The van der Waals surface area contributed by atoms with E-state index in [1.807, 2.05) is 0 Å². The van der Waals surface area contributed by atoms with Crippen molar-refractivity contribution in [2.75, 3.05) is 11.9 Å². The largest absolute Gasteiger partial charge is 0.416 e. The number of nitro groups is 1. The molecule has 0 radical (unpaired) electrons. The molecule has 1 aromatic carbocycles. The molecule has 2 rings (SSSR count). The summed E-state index contributed by atoms with van der Waals surface area (Å²) in [4.78, 5) is 22.2. The van der Waals surface area contributed by atoms with Crippen LogP contribution < -0.4 is 10.6 Å². The van der Waals surface area contributed by atoms with Crippen LogP contribution in [0.25, 0.3) is 0 Å². The molecule has 2 amide bonds. The minimum atomic E-state index is -4.50. The molecule has 0 fully saturated rings. The number of alkyl halides is 3. The van der Waals surface area contributed by atoms with Gasteiger partial charge in [0.2, 0.25) is 0 Å². The van der Waals surface area contributed by atoms with Gasteiger partial charge in [0.15, 0.2) is 0 Å². The highest BCUT2D eigenvalue weighted by Crippen LogP contribution is 2.30. The zero-order chi connectivity index (χ0) is 19.5. The number of urea groups is 1. The number of carbonyl (C=O) groups is 1. The van der Waals surface area contributed by atoms with Gasteiger partial charge in [0, 0.05) is 12.2 Å². The van der Waals surface area contributed by atoms with E-state index in [-0.39, 0.29) is 30.2 Å². The maximum atomic E-state index is 12.6. The standard InChI is InChI=1S/C15H16F3N5O3/c1-9-13(23(25)26)10(2)22(21-9)7-6-19-14(24)20-12-5-3-4-11(8-12)15(16,17)18/h3-5,8H,6-7H2,1-2H3,(H2,19,20,24). The van der Waals surface area contributed by atoms with Gasteiger partial charge in [-0.1, -0.05) is 6.07 Å². The van der Waals surface area contributed by atoms with Gasteiger partial charge in [0.1, 0.15) is 11.4 Å². The molecule has 0 atom stereocenters. The SMILES string of the molecule is Cc1nn(CCNC(=O)Nc2cccc(C(F)(F)F)c2)c(C)c1[N+](=O)[O-]. The van der Waals surface area contributed by atoms with Gasteiger partial charge >= 0.3 is 17.9 Å². The summed E-state index contributed by atoms with van der Waals surface area (Å²) in [5.41, 5.74) is -0.337. The number of rotatable bonds is 5. The summed E-state index contributed by atoms with van der Waals surface area (Å²) in [5.74, 6) is 0. The van der Waals surface area contributed by atoms with E-state index in [1.165, 1.54) is 23.7 Å². The molecule has 0 aliphatic rings. The van der Waals surface area contributed by atoms with Gasteiger partial charge in [-0.15, -0.1) is 0 Å². The van der Waals surface area contributed by atoms with Gasteiger partial charge in [0.25, 0.3) is 0 Å². The van der Waals surface area contributed by atoms with Crippen LogP contribution in [0.5, 0.6) is 0 Å². The number of benzene rings is 1. The second kappa shape index (κ2) is 7.42. The van der Waals surface area contributed by atoms with Crippen molar-refractivity contribution >= 4 is 17.4 Å². The second-order valence-corrected chi connectivity index (χ2v) is 5.46. The summed E-state index contributed by atoms with van der Waals surface area (Å²) in [5, 5.41) is 19.7. The lowest BCUT2D eigenvalue weighted by Gasteiger charge is -2.11. The monoisotopic (exact) mass is 371 g/mol. The van der Waals surface area contributed by atoms with Gasteiger partial charge in [-0.2, -0.15) is 18.3 Å². The molecule has 0 spiro atoms. The third kappa shape index (κ3) is 4.49. The van der Waals surface area contributed by atoms with Crippen LogP contribution in [0.1, 0.15) is 17.0 Å². The highest BCUT2D eigenvalue weighted by atomic mass is 19.4. The Morgan fingerprint density at radius 3 is 2.62 bits per heavy atom. The number of aryl methyl sites for hydroxylation is 1. The first kappa shape index (κ1) is 19.2. The van der Waals surface area contributed by atoms with E-state index >= 15 is 0 Å². The zero-order valence-electron chi connectivity index (χ0n) is 13.9. The first-order valence-corrected chi connectivity index (χ1v) is 7.50. The lowest BCUT2D eigenvalue weighted by molar-refractivity contribution is -0.386. The number of anilines is 1. The minimum absolute atomic E-state index is 0.000855. The Morgan fingerprint density at radius 1 is 1.35 bits per heavy atom. The Hall–Kier alpha value is -3.11.